The van der Waals surface area contributed by atoms with Gasteiger partial charge in [0.15, 0.2) is 0 Å². The van der Waals surface area contributed by atoms with E-state index in [1.807, 2.05) is 10.7 Å². The lowest BCUT2D eigenvalue weighted by Gasteiger charge is -2.22. The van der Waals surface area contributed by atoms with E-state index in [1.54, 1.807) is 6.20 Å². The number of aromatic nitrogens is 2. The summed E-state index contributed by atoms with van der Waals surface area (Å²) in [5.74, 6) is 2.43. The topological polar surface area (TPSA) is 56.1 Å². The second-order valence-corrected chi connectivity index (χ2v) is 7.40. The number of hydrogen-bond donors (Lipinski definition) is 1. The van der Waals surface area contributed by atoms with Crippen LogP contribution in [-0.4, -0.2) is 28.9 Å². The van der Waals surface area contributed by atoms with Crippen LogP contribution in [0.1, 0.15) is 64.2 Å². The molecular weight excluding hydrogens is 302 g/mol. The van der Waals surface area contributed by atoms with E-state index in [4.69, 9.17) is 4.74 Å². The maximum atomic E-state index is 12.2. The molecular formula is C19H31N3O2. The Bertz CT molecular complexity index is 502. The van der Waals surface area contributed by atoms with Gasteiger partial charge in [-0.15, -0.1) is 0 Å². The van der Waals surface area contributed by atoms with Crippen LogP contribution >= 0.6 is 0 Å². The largest absolute Gasteiger partial charge is 0.381 e. The first-order chi connectivity index (χ1) is 11.8. The molecule has 2 heterocycles. The molecule has 134 valence electrons. The Morgan fingerprint density at radius 2 is 1.96 bits per heavy atom. The fraction of sp³-hybridized carbons (Fsp3) is 0.789. The molecule has 1 aromatic rings. The molecule has 1 N–H and O–H groups in total. The zero-order chi connectivity index (χ0) is 16.6. The molecule has 5 heteroatoms. The van der Waals surface area contributed by atoms with Crippen molar-refractivity contribution in [2.24, 2.45) is 11.8 Å². The highest BCUT2D eigenvalue weighted by molar-refractivity contribution is 5.89. The predicted molar refractivity (Wildman–Crippen MR) is 94.8 cm³/mol. The van der Waals surface area contributed by atoms with E-state index in [-0.39, 0.29) is 5.91 Å². The number of amides is 1. The first-order valence-corrected chi connectivity index (χ1v) is 9.70. The normalized spacial score (nSPS) is 20.2. The molecule has 1 amide bonds. The molecule has 1 aliphatic heterocycles. The summed E-state index contributed by atoms with van der Waals surface area (Å²) in [6.45, 7) is 2.71. The highest BCUT2D eigenvalue weighted by atomic mass is 16.5. The van der Waals surface area contributed by atoms with Crippen LogP contribution in [0, 0.1) is 11.8 Å². The fourth-order valence-corrected chi connectivity index (χ4v) is 3.99. The van der Waals surface area contributed by atoms with Crippen LogP contribution in [0.25, 0.3) is 0 Å². The molecule has 0 aromatic carbocycles. The van der Waals surface area contributed by atoms with Gasteiger partial charge < -0.3 is 10.1 Å². The maximum absolute atomic E-state index is 12.2. The minimum Gasteiger partial charge on any atom is -0.381 e. The van der Waals surface area contributed by atoms with Crippen LogP contribution in [0.15, 0.2) is 12.3 Å². The Labute approximate surface area is 145 Å². The SMILES string of the molecule is O=C(CCCC1CCOCC1)Nc1ccnn1CC1CCCCC1. The van der Waals surface area contributed by atoms with Gasteiger partial charge in [0.1, 0.15) is 5.82 Å². The maximum Gasteiger partial charge on any atom is 0.225 e. The minimum absolute atomic E-state index is 0.118. The molecule has 24 heavy (non-hydrogen) atoms. The van der Waals surface area contributed by atoms with Crippen molar-refractivity contribution in [2.75, 3.05) is 18.5 Å². The monoisotopic (exact) mass is 333 g/mol. The van der Waals surface area contributed by atoms with Crippen LogP contribution in [0.2, 0.25) is 0 Å². The van der Waals surface area contributed by atoms with E-state index in [0.29, 0.717) is 12.3 Å². The summed E-state index contributed by atoms with van der Waals surface area (Å²) >= 11 is 0. The van der Waals surface area contributed by atoms with Crippen LogP contribution in [0.3, 0.4) is 0 Å². The molecule has 1 aromatic heterocycles. The van der Waals surface area contributed by atoms with Gasteiger partial charge >= 0.3 is 0 Å². The Kier molecular flexibility index (Phi) is 6.70. The van der Waals surface area contributed by atoms with Gasteiger partial charge in [-0.25, -0.2) is 4.68 Å². The first kappa shape index (κ1) is 17.5. The van der Waals surface area contributed by atoms with Crippen LogP contribution in [0.5, 0.6) is 0 Å². The van der Waals surface area contributed by atoms with Crippen molar-refractivity contribution in [1.29, 1.82) is 0 Å². The summed E-state index contributed by atoms with van der Waals surface area (Å²) in [6.07, 6.45) is 13.4. The highest BCUT2D eigenvalue weighted by Gasteiger charge is 2.17. The van der Waals surface area contributed by atoms with Gasteiger partial charge in [0, 0.05) is 32.2 Å². The van der Waals surface area contributed by atoms with E-state index in [0.717, 1.165) is 57.2 Å². The number of nitrogens with one attached hydrogen (secondary N) is 1. The van der Waals surface area contributed by atoms with Gasteiger partial charge in [-0.1, -0.05) is 19.3 Å². The van der Waals surface area contributed by atoms with Gasteiger partial charge in [0.2, 0.25) is 5.91 Å². The molecule has 0 radical (unpaired) electrons. The lowest BCUT2D eigenvalue weighted by molar-refractivity contribution is -0.116. The average Bonchev–Trinajstić information content (AvgIpc) is 3.03. The molecule has 1 aliphatic carbocycles. The number of carbonyl (C=O) groups is 1. The van der Waals surface area contributed by atoms with Crippen molar-refractivity contribution in [3.63, 3.8) is 0 Å². The van der Waals surface area contributed by atoms with E-state index in [1.165, 1.54) is 32.1 Å². The zero-order valence-electron chi connectivity index (χ0n) is 14.7. The summed E-state index contributed by atoms with van der Waals surface area (Å²) in [5, 5.41) is 7.46. The summed E-state index contributed by atoms with van der Waals surface area (Å²) in [4.78, 5) is 12.2. The number of nitrogens with zero attached hydrogens (tertiary/aromatic N) is 2. The third-order valence-corrected chi connectivity index (χ3v) is 5.50. The molecule has 0 spiro atoms. The van der Waals surface area contributed by atoms with E-state index in [9.17, 15) is 4.79 Å². The van der Waals surface area contributed by atoms with Crippen LogP contribution in [-0.2, 0) is 16.1 Å². The predicted octanol–water partition coefficient (Wildman–Crippen LogP) is 4.00. The highest BCUT2D eigenvalue weighted by Crippen LogP contribution is 2.26. The number of ether oxygens (including phenoxy) is 1. The number of hydrogen-bond acceptors (Lipinski definition) is 3. The van der Waals surface area contributed by atoms with E-state index in [2.05, 4.69) is 10.4 Å². The smallest absolute Gasteiger partial charge is 0.225 e. The number of anilines is 1. The quantitative estimate of drug-likeness (QED) is 0.820. The lowest BCUT2D eigenvalue weighted by Crippen LogP contribution is -2.20. The van der Waals surface area contributed by atoms with Crippen molar-refractivity contribution >= 4 is 11.7 Å². The molecule has 1 saturated carbocycles. The van der Waals surface area contributed by atoms with E-state index >= 15 is 0 Å². The number of rotatable bonds is 7. The molecule has 3 rings (SSSR count). The fourth-order valence-electron chi connectivity index (χ4n) is 3.99. The van der Waals surface area contributed by atoms with Gasteiger partial charge in [-0.3, -0.25) is 4.79 Å². The third kappa shape index (κ3) is 5.33. The summed E-state index contributed by atoms with van der Waals surface area (Å²) < 4.78 is 7.36. The first-order valence-electron chi connectivity index (χ1n) is 9.70. The molecule has 1 saturated heterocycles. The standard InChI is InChI=1S/C19H31N3O2/c23-19(8-4-7-16-10-13-24-14-11-16)21-18-9-12-20-22(18)15-17-5-2-1-3-6-17/h9,12,16-17H,1-8,10-11,13-15H2,(H,21,23). The Morgan fingerprint density at radius 3 is 2.75 bits per heavy atom. The molecule has 0 atom stereocenters. The molecule has 0 bridgehead atoms. The van der Waals surface area contributed by atoms with Gasteiger partial charge in [0.05, 0.1) is 6.20 Å². The van der Waals surface area contributed by atoms with Crippen molar-refractivity contribution in [3.8, 4) is 0 Å². The summed E-state index contributed by atoms with van der Waals surface area (Å²) in [5.41, 5.74) is 0. The lowest BCUT2D eigenvalue weighted by atomic mass is 9.89. The molecule has 5 nitrogen and oxygen atoms in total. The van der Waals surface area contributed by atoms with Crippen molar-refractivity contribution in [2.45, 2.75) is 70.8 Å². The van der Waals surface area contributed by atoms with Gasteiger partial charge in [-0.2, -0.15) is 5.10 Å². The second-order valence-electron chi connectivity index (χ2n) is 7.40. The van der Waals surface area contributed by atoms with Crippen molar-refractivity contribution < 1.29 is 9.53 Å². The van der Waals surface area contributed by atoms with Crippen molar-refractivity contribution in [1.82, 2.24) is 9.78 Å². The number of carbonyl (C=O) groups excluding carboxylic acids is 1. The van der Waals surface area contributed by atoms with Gasteiger partial charge in [0.25, 0.3) is 0 Å². The zero-order valence-corrected chi connectivity index (χ0v) is 14.7. The summed E-state index contributed by atoms with van der Waals surface area (Å²) in [7, 11) is 0. The molecule has 2 fully saturated rings. The van der Waals surface area contributed by atoms with E-state index < -0.39 is 0 Å². The van der Waals surface area contributed by atoms with Crippen molar-refractivity contribution in [3.05, 3.63) is 12.3 Å². The Morgan fingerprint density at radius 1 is 1.17 bits per heavy atom. The molecule has 0 unspecified atom stereocenters. The third-order valence-electron chi connectivity index (χ3n) is 5.50. The second kappa shape index (κ2) is 9.21. The Hall–Kier alpha value is -1.36. The van der Waals surface area contributed by atoms with Crippen LogP contribution < -0.4 is 5.32 Å². The Balaban J connectivity index is 1.40. The minimum atomic E-state index is 0.118. The van der Waals surface area contributed by atoms with Crippen LogP contribution in [0.4, 0.5) is 5.82 Å². The summed E-state index contributed by atoms with van der Waals surface area (Å²) in [6, 6.07) is 1.92. The average molecular weight is 333 g/mol. The van der Waals surface area contributed by atoms with Gasteiger partial charge in [-0.05, 0) is 50.4 Å². The molecule has 2 aliphatic rings.